The predicted molar refractivity (Wildman–Crippen MR) is 69.0 cm³/mol. The molecule has 0 aromatic heterocycles. The first kappa shape index (κ1) is 11.9. The Hall–Kier alpha value is 0.460. The molecule has 1 amide bonds. The van der Waals surface area contributed by atoms with Gasteiger partial charge in [-0.25, -0.2) is 0 Å². The number of thioether (sulfide) groups is 2. The molecule has 0 bridgehead atoms. The zero-order valence-corrected chi connectivity index (χ0v) is 11.0. The molecule has 0 aliphatic carbocycles. The van der Waals surface area contributed by atoms with Crippen LogP contribution in [0.25, 0.3) is 0 Å². The summed E-state index contributed by atoms with van der Waals surface area (Å²) in [5.74, 6) is 4.13. The standard InChI is InChI=1S/C10H16ClNOS2/c11-6-8-7-14-5-3-12(8)10(13)9-2-1-4-15-9/h8-9H,1-7H2. The minimum absolute atomic E-state index is 0.221. The largest absolute Gasteiger partial charge is 0.336 e. The number of hydrogen-bond donors (Lipinski definition) is 0. The molecule has 2 heterocycles. The van der Waals surface area contributed by atoms with Crippen LogP contribution in [0.15, 0.2) is 0 Å². The summed E-state index contributed by atoms with van der Waals surface area (Å²) < 4.78 is 0. The molecule has 86 valence electrons. The Morgan fingerprint density at radius 3 is 3.00 bits per heavy atom. The van der Waals surface area contributed by atoms with E-state index >= 15 is 0 Å². The molecule has 5 heteroatoms. The van der Waals surface area contributed by atoms with Crippen molar-refractivity contribution in [3.8, 4) is 0 Å². The van der Waals surface area contributed by atoms with Gasteiger partial charge in [0, 0.05) is 23.9 Å². The van der Waals surface area contributed by atoms with Crippen LogP contribution in [0.1, 0.15) is 12.8 Å². The molecule has 0 N–H and O–H groups in total. The lowest BCUT2D eigenvalue weighted by Gasteiger charge is -2.35. The molecule has 15 heavy (non-hydrogen) atoms. The lowest BCUT2D eigenvalue weighted by Crippen LogP contribution is -2.49. The van der Waals surface area contributed by atoms with Crippen LogP contribution in [0.5, 0.6) is 0 Å². The van der Waals surface area contributed by atoms with E-state index in [2.05, 4.69) is 0 Å². The molecular formula is C10H16ClNOS2. The van der Waals surface area contributed by atoms with Gasteiger partial charge in [0.25, 0.3) is 0 Å². The summed E-state index contributed by atoms with van der Waals surface area (Å²) >= 11 is 9.63. The number of carbonyl (C=O) groups excluding carboxylic acids is 1. The van der Waals surface area contributed by atoms with Crippen LogP contribution in [-0.4, -0.2) is 51.8 Å². The highest BCUT2D eigenvalue weighted by Crippen LogP contribution is 2.29. The van der Waals surface area contributed by atoms with Gasteiger partial charge in [0.05, 0.1) is 11.3 Å². The summed E-state index contributed by atoms with van der Waals surface area (Å²) in [4.78, 5) is 14.2. The van der Waals surface area contributed by atoms with E-state index in [9.17, 15) is 4.79 Å². The molecule has 0 aromatic carbocycles. The fraction of sp³-hybridized carbons (Fsp3) is 0.900. The first-order valence-electron chi connectivity index (χ1n) is 5.38. The SMILES string of the molecule is O=C(C1CCCS1)N1CCSCC1CCl. The summed E-state index contributed by atoms with van der Waals surface area (Å²) in [6.07, 6.45) is 2.25. The van der Waals surface area contributed by atoms with Crippen molar-refractivity contribution in [2.45, 2.75) is 24.1 Å². The minimum atomic E-state index is 0.221. The first-order valence-corrected chi connectivity index (χ1v) is 8.12. The van der Waals surface area contributed by atoms with Crippen molar-refractivity contribution in [3.63, 3.8) is 0 Å². The van der Waals surface area contributed by atoms with Crippen molar-refractivity contribution in [2.75, 3.05) is 29.7 Å². The van der Waals surface area contributed by atoms with Crippen molar-refractivity contribution in [3.05, 3.63) is 0 Å². The maximum Gasteiger partial charge on any atom is 0.236 e. The predicted octanol–water partition coefficient (Wildman–Crippen LogP) is 2.06. The van der Waals surface area contributed by atoms with E-state index in [1.54, 1.807) is 0 Å². The Morgan fingerprint density at radius 2 is 2.33 bits per heavy atom. The van der Waals surface area contributed by atoms with Gasteiger partial charge in [0.15, 0.2) is 0 Å². The summed E-state index contributed by atoms with van der Waals surface area (Å²) in [5, 5.41) is 0.221. The fourth-order valence-electron chi connectivity index (χ4n) is 2.03. The second kappa shape index (κ2) is 5.69. The van der Waals surface area contributed by atoms with Gasteiger partial charge >= 0.3 is 0 Å². The minimum Gasteiger partial charge on any atom is -0.336 e. The quantitative estimate of drug-likeness (QED) is 0.713. The van der Waals surface area contributed by atoms with Gasteiger partial charge in [-0.2, -0.15) is 11.8 Å². The third kappa shape index (κ3) is 2.77. The van der Waals surface area contributed by atoms with Crippen molar-refractivity contribution in [1.82, 2.24) is 4.90 Å². The van der Waals surface area contributed by atoms with E-state index in [1.807, 2.05) is 28.4 Å². The zero-order chi connectivity index (χ0) is 10.7. The molecule has 2 aliphatic rings. The van der Waals surface area contributed by atoms with Crippen molar-refractivity contribution >= 4 is 41.0 Å². The van der Waals surface area contributed by atoms with Gasteiger partial charge in [0.1, 0.15) is 0 Å². The molecule has 0 aromatic rings. The second-order valence-corrected chi connectivity index (χ2v) is 6.69. The lowest BCUT2D eigenvalue weighted by atomic mass is 10.2. The van der Waals surface area contributed by atoms with Crippen molar-refractivity contribution in [1.29, 1.82) is 0 Å². The van der Waals surface area contributed by atoms with Crippen LogP contribution in [0.4, 0.5) is 0 Å². The summed E-state index contributed by atoms with van der Waals surface area (Å²) in [5.41, 5.74) is 0. The summed E-state index contributed by atoms with van der Waals surface area (Å²) in [6, 6.07) is 0.263. The van der Waals surface area contributed by atoms with Gasteiger partial charge in [-0.3, -0.25) is 4.79 Å². The van der Waals surface area contributed by atoms with Crippen molar-refractivity contribution in [2.24, 2.45) is 0 Å². The molecule has 2 fully saturated rings. The van der Waals surface area contributed by atoms with Gasteiger partial charge in [-0.05, 0) is 18.6 Å². The van der Waals surface area contributed by atoms with Crippen LogP contribution in [0, 0.1) is 0 Å². The Bertz CT molecular complexity index is 233. The highest BCUT2D eigenvalue weighted by Gasteiger charge is 2.33. The number of halogens is 1. The molecule has 2 aliphatic heterocycles. The van der Waals surface area contributed by atoms with Gasteiger partial charge in [0.2, 0.25) is 5.91 Å². The lowest BCUT2D eigenvalue weighted by molar-refractivity contribution is -0.132. The van der Waals surface area contributed by atoms with Crippen LogP contribution in [-0.2, 0) is 4.79 Å². The van der Waals surface area contributed by atoms with E-state index < -0.39 is 0 Å². The molecule has 0 saturated carbocycles. The Kier molecular flexibility index (Phi) is 4.52. The highest BCUT2D eigenvalue weighted by atomic mass is 35.5. The molecule has 2 atom stereocenters. The van der Waals surface area contributed by atoms with Gasteiger partial charge in [-0.1, -0.05) is 0 Å². The van der Waals surface area contributed by atoms with Gasteiger partial charge < -0.3 is 4.90 Å². The Balaban J connectivity index is 1.96. The molecule has 0 radical (unpaired) electrons. The zero-order valence-electron chi connectivity index (χ0n) is 8.65. The van der Waals surface area contributed by atoms with E-state index in [0.29, 0.717) is 11.8 Å². The van der Waals surface area contributed by atoms with Crippen LogP contribution in [0.3, 0.4) is 0 Å². The monoisotopic (exact) mass is 265 g/mol. The number of alkyl halides is 1. The number of carbonyl (C=O) groups is 1. The molecule has 2 unspecified atom stereocenters. The average molecular weight is 266 g/mol. The average Bonchev–Trinajstić information content (AvgIpc) is 2.81. The fourth-order valence-corrected chi connectivity index (χ4v) is 4.73. The first-order chi connectivity index (χ1) is 7.33. The summed E-state index contributed by atoms with van der Waals surface area (Å²) in [6.45, 7) is 0.887. The smallest absolute Gasteiger partial charge is 0.236 e. The topological polar surface area (TPSA) is 20.3 Å². The summed E-state index contributed by atoms with van der Waals surface area (Å²) in [7, 11) is 0. The molecule has 2 saturated heterocycles. The molecular weight excluding hydrogens is 250 g/mol. The van der Waals surface area contributed by atoms with Crippen LogP contribution >= 0.6 is 35.1 Å². The van der Waals surface area contributed by atoms with E-state index in [1.165, 1.54) is 6.42 Å². The number of hydrogen-bond acceptors (Lipinski definition) is 3. The van der Waals surface area contributed by atoms with E-state index in [0.717, 1.165) is 30.2 Å². The van der Waals surface area contributed by atoms with Crippen LogP contribution < -0.4 is 0 Å². The van der Waals surface area contributed by atoms with Gasteiger partial charge in [-0.15, -0.1) is 23.4 Å². The third-order valence-electron chi connectivity index (χ3n) is 2.89. The van der Waals surface area contributed by atoms with E-state index in [-0.39, 0.29) is 11.3 Å². The Morgan fingerprint density at radius 1 is 1.47 bits per heavy atom. The number of amides is 1. The molecule has 0 spiro atoms. The number of nitrogens with zero attached hydrogens (tertiary/aromatic N) is 1. The maximum atomic E-state index is 12.2. The normalized spacial score (nSPS) is 31.9. The van der Waals surface area contributed by atoms with Crippen molar-refractivity contribution < 1.29 is 4.79 Å². The highest BCUT2D eigenvalue weighted by molar-refractivity contribution is 8.00. The van der Waals surface area contributed by atoms with E-state index in [4.69, 9.17) is 11.6 Å². The third-order valence-corrected chi connectivity index (χ3v) is 5.71. The molecule has 2 nitrogen and oxygen atoms in total. The second-order valence-electron chi connectivity index (χ2n) is 3.92. The van der Waals surface area contributed by atoms with Crippen LogP contribution in [0.2, 0.25) is 0 Å². The number of rotatable bonds is 2. The Labute approximate surface area is 104 Å². The maximum absolute atomic E-state index is 12.2. The molecule has 2 rings (SSSR count).